The Morgan fingerprint density at radius 3 is 2.27 bits per heavy atom. The molecule has 0 unspecified atom stereocenters. The number of aromatic amines is 1. The van der Waals surface area contributed by atoms with E-state index in [1.807, 2.05) is 48.8 Å². The zero-order valence-electron chi connectivity index (χ0n) is 25.3. The molecule has 2 aromatic heterocycles. The number of anilines is 2. The van der Waals surface area contributed by atoms with Crippen molar-refractivity contribution in [1.29, 1.82) is 0 Å². The normalized spacial score (nSPS) is 19.2. The first-order chi connectivity index (χ1) is 22.1. The summed E-state index contributed by atoms with van der Waals surface area (Å²) in [7, 11) is 0. The zero-order chi connectivity index (χ0) is 31.0. The number of benzene rings is 2. The fourth-order valence-corrected chi connectivity index (χ4v) is 6.13. The summed E-state index contributed by atoms with van der Waals surface area (Å²) in [5.74, 6) is 1.13. The Morgan fingerprint density at radius 2 is 1.62 bits per heavy atom. The standard InChI is InChI=1S/C33H39N9O3/c34-19-23-3-7-25(8-4-23)30(43)18-27(32(44)37-29-11-9-26(10-12-29)31-38-40-41-39-31)17-22-1-5-24(6-2-22)28-20-35-33(36-21-28)42-13-15-45-16-14-42/h1-2,5-6,9-12,20-21,23,25,27H,3-4,7-8,13-19,34H2,(H,37,44)(H,38,39,40,41)/t23?,25?,27-/m1/s1. The van der Waals surface area contributed by atoms with Crippen LogP contribution in [0.2, 0.25) is 0 Å². The number of hydrogen-bond acceptors (Lipinski definition) is 10. The van der Waals surface area contributed by atoms with Crippen molar-refractivity contribution in [2.75, 3.05) is 43.1 Å². The van der Waals surface area contributed by atoms with Crippen LogP contribution in [-0.2, 0) is 20.7 Å². The van der Waals surface area contributed by atoms with Crippen LogP contribution in [0, 0.1) is 17.8 Å². The lowest BCUT2D eigenvalue weighted by Crippen LogP contribution is -2.37. The van der Waals surface area contributed by atoms with Crippen molar-refractivity contribution in [2.45, 2.75) is 38.5 Å². The fraction of sp³-hybridized carbons (Fsp3) is 0.424. The molecule has 2 aliphatic rings. The Labute approximate surface area is 262 Å². The van der Waals surface area contributed by atoms with Crippen LogP contribution in [0.15, 0.2) is 60.9 Å². The fourth-order valence-electron chi connectivity index (χ4n) is 6.13. The largest absolute Gasteiger partial charge is 0.378 e. The number of rotatable bonds is 11. The van der Waals surface area contributed by atoms with Crippen LogP contribution >= 0.6 is 0 Å². The molecule has 0 bridgehead atoms. The molecule has 4 N–H and O–H groups in total. The molecule has 2 aromatic carbocycles. The van der Waals surface area contributed by atoms with Crippen molar-refractivity contribution in [2.24, 2.45) is 23.5 Å². The zero-order valence-corrected chi connectivity index (χ0v) is 25.3. The molecule has 1 saturated heterocycles. The van der Waals surface area contributed by atoms with E-state index < -0.39 is 5.92 Å². The summed E-state index contributed by atoms with van der Waals surface area (Å²) in [5, 5.41) is 17.1. The molecule has 4 aromatic rings. The minimum Gasteiger partial charge on any atom is -0.378 e. The van der Waals surface area contributed by atoms with E-state index in [0.29, 0.717) is 49.6 Å². The van der Waals surface area contributed by atoms with Gasteiger partial charge in [-0.3, -0.25) is 9.59 Å². The number of nitrogens with zero attached hydrogens (tertiary/aromatic N) is 6. The lowest BCUT2D eigenvalue weighted by molar-refractivity contribution is -0.129. The highest BCUT2D eigenvalue weighted by molar-refractivity contribution is 5.96. The molecule has 0 radical (unpaired) electrons. The van der Waals surface area contributed by atoms with E-state index in [1.165, 1.54) is 0 Å². The number of amides is 1. The van der Waals surface area contributed by atoms with E-state index in [1.54, 1.807) is 12.1 Å². The molecule has 234 valence electrons. The summed E-state index contributed by atoms with van der Waals surface area (Å²) in [6, 6.07) is 15.3. The average molecular weight is 610 g/mol. The first-order valence-corrected chi connectivity index (χ1v) is 15.7. The van der Waals surface area contributed by atoms with E-state index in [4.69, 9.17) is 10.5 Å². The SMILES string of the molecule is NCC1CCC(C(=O)C[C@@H](Cc2ccc(-c3cnc(N4CCOCC4)nc3)cc2)C(=O)Nc2ccc(-c3nn[nH]n3)cc2)CC1. The number of hydrogen-bond donors (Lipinski definition) is 3. The number of ether oxygens (including phenoxy) is 1. The maximum absolute atomic E-state index is 13.7. The Morgan fingerprint density at radius 1 is 0.933 bits per heavy atom. The van der Waals surface area contributed by atoms with Gasteiger partial charge in [0.25, 0.3) is 0 Å². The molecule has 1 amide bonds. The molecule has 12 nitrogen and oxygen atoms in total. The summed E-state index contributed by atoms with van der Waals surface area (Å²) >= 11 is 0. The second-order valence-corrected chi connectivity index (χ2v) is 11.9. The first kappa shape index (κ1) is 30.5. The van der Waals surface area contributed by atoms with E-state index in [0.717, 1.165) is 61.0 Å². The highest BCUT2D eigenvalue weighted by atomic mass is 16.5. The highest BCUT2D eigenvalue weighted by Gasteiger charge is 2.30. The van der Waals surface area contributed by atoms with Gasteiger partial charge >= 0.3 is 0 Å². The molecule has 6 rings (SSSR count). The summed E-state index contributed by atoms with van der Waals surface area (Å²) in [6.07, 6.45) is 7.94. The van der Waals surface area contributed by atoms with Gasteiger partial charge < -0.3 is 20.7 Å². The quantitative estimate of drug-likeness (QED) is 0.228. The first-order valence-electron chi connectivity index (χ1n) is 15.7. The summed E-state index contributed by atoms with van der Waals surface area (Å²) in [5.41, 5.74) is 10.2. The topological polar surface area (TPSA) is 165 Å². The van der Waals surface area contributed by atoms with Gasteiger partial charge in [0.15, 0.2) is 0 Å². The molecule has 1 saturated carbocycles. The molecule has 2 fully saturated rings. The number of H-pyrrole nitrogens is 1. The van der Waals surface area contributed by atoms with E-state index in [2.05, 4.69) is 40.8 Å². The van der Waals surface area contributed by atoms with Crippen molar-refractivity contribution in [3.8, 4) is 22.5 Å². The summed E-state index contributed by atoms with van der Waals surface area (Å²) in [6.45, 7) is 3.59. The number of morpholine rings is 1. The highest BCUT2D eigenvalue weighted by Crippen LogP contribution is 2.31. The van der Waals surface area contributed by atoms with Gasteiger partial charge in [0.2, 0.25) is 17.7 Å². The molecule has 3 heterocycles. The van der Waals surface area contributed by atoms with Crippen LogP contribution < -0.4 is 16.0 Å². The number of carbonyl (C=O) groups excluding carboxylic acids is 2. The molecule has 1 atom stereocenters. The van der Waals surface area contributed by atoms with Gasteiger partial charge in [0.05, 0.1) is 13.2 Å². The van der Waals surface area contributed by atoms with Gasteiger partial charge in [0.1, 0.15) is 5.78 Å². The van der Waals surface area contributed by atoms with E-state index in [9.17, 15) is 9.59 Å². The molecule has 45 heavy (non-hydrogen) atoms. The van der Waals surface area contributed by atoms with Gasteiger partial charge in [0, 0.05) is 60.6 Å². The number of ketones is 1. The molecular weight excluding hydrogens is 570 g/mol. The van der Waals surface area contributed by atoms with Gasteiger partial charge in [-0.05, 0) is 85.2 Å². The van der Waals surface area contributed by atoms with Crippen LogP contribution in [0.4, 0.5) is 11.6 Å². The summed E-state index contributed by atoms with van der Waals surface area (Å²) < 4.78 is 5.42. The van der Waals surface area contributed by atoms with Crippen LogP contribution in [0.1, 0.15) is 37.7 Å². The van der Waals surface area contributed by atoms with Crippen LogP contribution in [-0.4, -0.2) is 75.1 Å². The smallest absolute Gasteiger partial charge is 0.228 e. The Bertz CT molecular complexity index is 1530. The third-order valence-electron chi connectivity index (χ3n) is 8.91. The lowest BCUT2D eigenvalue weighted by atomic mass is 9.77. The van der Waals surface area contributed by atoms with E-state index >= 15 is 0 Å². The monoisotopic (exact) mass is 609 g/mol. The minimum atomic E-state index is -0.511. The predicted octanol–water partition coefficient (Wildman–Crippen LogP) is 3.68. The third-order valence-corrected chi connectivity index (χ3v) is 8.91. The van der Waals surface area contributed by atoms with Crippen molar-refractivity contribution in [1.82, 2.24) is 30.6 Å². The van der Waals surface area contributed by atoms with Crippen LogP contribution in [0.3, 0.4) is 0 Å². The van der Waals surface area contributed by atoms with Crippen LogP contribution in [0.25, 0.3) is 22.5 Å². The third kappa shape index (κ3) is 7.76. The Hall–Kier alpha value is -4.55. The molecule has 1 aliphatic heterocycles. The molecule has 1 aliphatic carbocycles. The number of carbonyl (C=O) groups is 2. The van der Waals surface area contributed by atoms with Gasteiger partial charge in [-0.25, -0.2) is 9.97 Å². The molecule has 12 heteroatoms. The van der Waals surface area contributed by atoms with Gasteiger partial charge in [-0.15, -0.1) is 10.2 Å². The second kappa shape index (κ2) is 14.5. The lowest BCUT2D eigenvalue weighted by Gasteiger charge is -2.27. The van der Waals surface area contributed by atoms with Gasteiger partial charge in [-0.1, -0.05) is 24.3 Å². The van der Waals surface area contributed by atoms with Crippen molar-refractivity contribution >= 4 is 23.3 Å². The Balaban J connectivity index is 1.14. The minimum absolute atomic E-state index is 0.0137. The maximum Gasteiger partial charge on any atom is 0.228 e. The molecule has 0 spiro atoms. The number of nitrogens with one attached hydrogen (secondary N) is 2. The van der Waals surface area contributed by atoms with Crippen molar-refractivity contribution in [3.05, 3.63) is 66.5 Å². The predicted molar refractivity (Wildman–Crippen MR) is 170 cm³/mol. The van der Waals surface area contributed by atoms with Crippen molar-refractivity contribution < 1.29 is 14.3 Å². The van der Waals surface area contributed by atoms with Crippen molar-refractivity contribution in [3.63, 3.8) is 0 Å². The maximum atomic E-state index is 13.7. The Kier molecular flexibility index (Phi) is 9.81. The average Bonchev–Trinajstić information content (AvgIpc) is 3.64. The second-order valence-electron chi connectivity index (χ2n) is 11.9. The molecular formula is C33H39N9O3. The number of nitrogens with two attached hydrogens (primary N) is 1. The number of Topliss-reactive ketones (excluding diaryl/α,β-unsaturated/α-hetero) is 1. The number of tetrazole rings is 1. The van der Waals surface area contributed by atoms with Crippen LogP contribution in [0.5, 0.6) is 0 Å². The van der Waals surface area contributed by atoms with E-state index in [-0.39, 0.29) is 24.0 Å². The summed E-state index contributed by atoms with van der Waals surface area (Å²) in [4.78, 5) is 38.4. The van der Waals surface area contributed by atoms with Gasteiger partial charge in [-0.2, -0.15) is 5.21 Å². The number of aromatic nitrogens is 6.